The van der Waals surface area contributed by atoms with Crippen molar-refractivity contribution in [2.24, 2.45) is 0 Å². The molecule has 0 bridgehead atoms. The highest BCUT2D eigenvalue weighted by atomic mass is 32.1. The zero-order valence-corrected chi connectivity index (χ0v) is 11.9. The average molecular weight is 260 g/mol. The minimum absolute atomic E-state index is 0.380. The first-order chi connectivity index (χ1) is 8.70. The molecule has 3 heteroatoms. The molecule has 0 aliphatic heterocycles. The largest absolute Gasteiger partial charge is 0.310 e. The van der Waals surface area contributed by atoms with E-state index in [1.165, 1.54) is 15.8 Å². The molecule has 0 aliphatic carbocycles. The van der Waals surface area contributed by atoms with Crippen LogP contribution in [0.3, 0.4) is 0 Å². The third-order valence-corrected chi connectivity index (χ3v) is 3.89. The summed E-state index contributed by atoms with van der Waals surface area (Å²) in [6.07, 6.45) is 4.14. The monoisotopic (exact) mass is 260 g/mol. The summed E-state index contributed by atoms with van der Waals surface area (Å²) in [5.74, 6) is 0. The Morgan fingerprint density at radius 2 is 2.39 bits per heavy atom. The molecular formula is C15H20N2S. The van der Waals surface area contributed by atoms with Crippen LogP contribution in [-0.4, -0.2) is 11.5 Å². The van der Waals surface area contributed by atoms with E-state index in [4.69, 9.17) is 0 Å². The summed E-state index contributed by atoms with van der Waals surface area (Å²) < 4.78 is 1.27. The van der Waals surface area contributed by atoms with Crippen LogP contribution in [0.5, 0.6) is 0 Å². The fraction of sp³-hybridized carbons (Fsp3) is 0.400. The molecule has 1 unspecified atom stereocenters. The fourth-order valence-electron chi connectivity index (χ4n) is 2.08. The number of hydrogen-bond acceptors (Lipinski definition) is 3. The Kier molecular flexibility index (Phi) is 4.50. The highest BCUT2D eigenvalue weighted by molar-refractivity contribution is 7.17. The second kappa shape index (κ2) is 6.12. The number of nitrogens with one attached hydrogen (secondary N) is 1. The first kappa shape index (κ1) is 13.2. The highest BCUT2D eigenvalue weighted by Crippen LogP contribution is 2.25. The number of allylic oxidation sites excluding steroid dienone is 1. The van der Waals surface area contributed by atoms with Gasteiger partial charge in [0.05, 0.1) is 10.2 Å². The van der Waals surface area contributed by atoms with Gasteiger partial charge >= 0.3 is 0 Å². The molecule has 0 spiro atoms. The van der Waals surface area contributed by atoms with Crippen molar-refractivity contribution in [1.29, 1.82) is 0 Å². The van der Waals surface area contributed by atoms with Gasteiger partial charge in [-0.25, -0.2) is 0 Å². The van der Waals surface area contributed by atoms with Gasteiger partial charge in [-0.3, -0.25) is 4.98 Å². The summed E-state index contributed by atoms with van der Waals surface area (Å²) in [7, 11) is 0. The summed E-state index contributed by atoms with van der Waals surface area (Å²) in [4.78, 5) is 4.52. The number of fused-ring (bicyclic) bond motifs is 1. The van der Waals surface area contributed by atoms with Gasteiger partial charge in [0.1, 0.15) is 0 Å². The van der Waals surface area contributed by atoms with Crippen molar-refractivity contribution in [2.75, 3.05) is 6.54 Å². The maximum atomic E-state index is 4.52. The summed E-state index contributed by atoms with van der Waals surface area (Å²) in [6.45, 7) is 9.19. The van der Waals surface area contributed by atoms with Crippen molar-refractivity contribution in [2.45, 2.75) is 32.7 Å². The van der Waals surface area contributed by atoms with E-state index in [9.17, 15) is 0 Å². The predicted octanol–water partition coefficient (Wildman–Crippen LogP) is 4.30. The molecule has 2 heterocycles. The van der Waals surface area contributed by atoms with Crippen LogP contribution in [0.1, 0.15) is 38.3 Å². The Labute approximate surface area is 113 Å². The lowest BCUT2D eigenvalue weighted by atomic mass is 10.0. The number of thiophene rings is 1. The molecule has 2 aromatic heterocycles. The van der Waals surface area contributed by atoms with Gasteiger partial charge in [-0.15, -0.1) is 17.9 Å². The number of pyridine rings is 1. The molecule has 18 heavy (non-hydrogen) atoms. The summed E-state index contributed by atoms with van der Waals surface area (Å²) >= 11 is 1.75. The van der Waals surface area contributed by atoms with Crippen LogP contribution in [0.25, 0.3) is 10.2 Å². The molecule has 1 atom stereocenters. The van der Waals surface area contributed by atoms with Crippen LogP contribution in [0, 0.1) is 0 Å². The van der Waals surface area contributed by atoms with Gasteiger partial charge in [0, 0.05) is 12.2 Å². The van der Waals surface area contributed by atoms with Crippen LogP contribution >= 0.6 is 11.3 Å². The summed E-state index contributed by atoms with van der Waals surface area (Å²) in [5.41, 5.74) is 3.62. The van der Waals surface area contributed by atoms with E-state index in [0.717, 1.165) is 24.9 Å². The quantitative estimate of drug-likeness (QED) is 0.783. The molecule has 1 N–H and O–H groups in total. The fourth-order valence-corrected chi connectivity index (χ4v) is 2.87. The molecule has 2 nitrogen and oxygen atoms in total. The lowest BCUT2D eigenvalue weighted by Gasteiger charge is -2.18. The van der Waals surface area contributed by atoms with Crippen LogP contribution in [0.4, 0.5) is 0 Å². The van der Waals surface area contributed by atoms with Crippen LogP contribution in [-0.2, 0) is 0 Å². The number of hydrogen-bond donors (Lipinski definition) is 1. The highest BCUT2D eigenvalue weighted by Gasteiger charge is 2.11. The Bertz CT molecular complexity index is 530. The van der Waals surface area contributed by atoms with Crippen molar-refractivity contribution in [1.82, 2.24) is 10.3 Å². The third-order valence-electron chi connectivity index (χ3n) is 3.04. The van der Waals surface area contributed by atoms with E-state index >= 15 is 0 Å². The summed E-state index contributed by atoms with van der Waals surface area (Å²) in [6, 6.07) is 4.71. The zero-order chi connectivity index (χ0) is 13.0. The van der Waals surface area contributed by atoms with Gasteiger partial charge in [-0.05, 0) is 49.4 Å². The topological polar surface area (TPSA) is 24.9 Å². The van der Waals surface area contributed by atoms with Crippen LogP contribution < -0.4 is 5.32 Å². The van der Waals surface area contributed by atoms with E-state index in [-0.39, 0.29) is 0 Å². The SMILES string of the molecule is C=C(C)CCC(NCC)c1cnc2ccsc2c1. The number of nitrogens with zero attached hydrogens (tertiary/aromatic N) is 1. The Morgan fingerprint density at radius 1 is 1.56 bits per heavy atom. The van der Waals surface area contributed by atoms with Crippen LogP contribution in [0.2, 0.25) is 0 Å². The molecule has 0 saturated carbocycles. The average Bonchev–Trinajstić information content (AvgIpc) is 2.81. The molecule has 0 aromatic carbocycles. The van der Waals surface area contributed by atoms with E-state index in [0.29, 0.717) is 6.04 Å². The molecule has 2 rings (SSSR count). The van der Waals surface area contributed by atoms with Gasteiger partial charge < -0.3 is 5.32 Å². The van der Waals surface area contributed by atoms with Gasteiger partial charge in [-0.2, -0.15) is 0 Å². The molecule has 0 fully saturated rings. The Balaban J connectivity index is 2.19. The van der Waals surface area contributed by atoms with E-state index in [2.05, 4.69) is 48.2 Å². The molecule has 96 valence electrons. The molecule has 2 aromatic rings. The first-order valence-electron chi connectivity index (χ1n) is 6.41. The molecule has 0 radical (unpaired) electrons. The summed E-state index contributed by atoms with van der Waals surface area (Å²) in [5, 5.41) is 5.63. The van der Waals surface area contributed by atoms with Crippen LogP contribution in [0.15, 0.2) is 35.9 Å². The van der Waals surface area contributed by atoms with E-state index in [1.807, 2.05) is 6.20 Å². The molecule has 0 saturated heterocycles. The van der Waals surface area contributed by atoms with Gasteiger partial charge in [0.15, 0.2) is 0 Å². The van der Waals surface area contributed by atoms with Gasteiger partial charge in [0.2, 0.25) is 0 Å². The zero-order valence-electron chi connectivity index (χ0n) is 11.1. The third kappa shape index (κ3) is 3.18. The molecule has 0 amide bonds. The van der Waals surface area contributed by atoms with E-state index in [1.54, 1.807) is 11.3 Å². The number of aromatic nitrogens is 1. The first-order valence-corrected chi connectivity index (χ1v) is 7.29. The lowest BCUT2D eigenvalue weighted by molar-refractivity contribution is 0.514. The van der Waals surface area contributed by atoms with Gasteiger partial charge in [-0.1, -0.05) is 12.5 Å². The maximum absolute atomic E-state index is 4.52. The van der Waals surface area contributed by atoms with Crippen molar-refractivity contribution in [3.63, 3.8) is 0 Å². The van der Waals surface area contributed by atoms with Crippen molar-refractivity contribution >= 4 is 21.6 Å². The maximum Gasteiger partial charge on any atom is 0.0809 e. The van der Waals surface area contributed by atoms with E-state index < -0.39 is 0 Å². The number of rotatable bonds is 6. The molecule has 0 aliphatic rings. The molecular weight excluding hydrogens is 240 g/mol. The second-order valence-electron chi connectivity index (χ2n) is 4.68. The standard InChI is InChI=1S/C15H20N2S/c1-4-16-13(6-5-11(2)3)12-9-15-14(17-10-12)7-8-18-15/h7-10,13,16H,2,4-6H2,1,3H3. The normalized spacial score (nSPS) is 12.8. The Morgan fingerprint density at radius 3 is 3.11 bits per heavy atom. The predicted molar refractivity (Wildman–Crippen MR) is 80.1 cm³/mol. The minimum atomic E-state index is 0.380. The van der Waals surface area contributed by atoms with Gasteiger partial charge in [0.25, 0.3) is 0 Å². The smallest absolute Gasteiger partial charge is 0.0809 e. The van der Waals surface area contributed by atoms with Crippen molar-refractivity contribution in [3.8, 4) is 0 Å². The lowest BCUT2D eigenvalue weighted by Crippen LogP contribution is -2.21. The van der Waals surface area contributed by atoms with Crippen molar-refractivity contribution in [3.05, 3.63) is 41.4 Å². The van der Waals surface area contributed by atoms with Crippen molar-refractivity contribution < 1.29 is 0 Å². The minimum Gasteiger partial charge on any atom is -0.310 e. The Hall–Kier alpha value is -1.19. The second-order valence-corrected chi connectivity index (χ2v) is 5.63.